The van der Waals surface area contributed by atoms with Gasteiger partial charge in [-0.25, -0.2) is 4.79 Å². The minimum Gasteiger partial charge on any atom is -0.476 e. The maximum Gasteiger partial charge on any atom is 0.359 e. The van der Waals surface area contributed by atoms with Gasteiger partial charge in [0.1, 0.15) is 0 Å². The third kappa shape index (κ3) is 1.96. The van der Waals surface area contributed by atoms with Gasteiger partial charge in [0.05, 0.1) is 5.69 Å². The van der Waals surface area contributed by atoms with Crippen LogP contribution in [0.15, 0.2) is 28.9 Å². The van der Waals surface area contributed by atoms with Crippen LogP contribution in [-0.2, 0) is 0 Å². The van der Waals surface area contributed by atoms with Crippen LogP contribution in [0.2, 0.25) is 0 Å². The highest BCUT2D eigenvalue weighted by Crippen LogP contribution is 2.14. The first-order valence-electron chi connectivity index (χ1n) is 4.51. The molecule has 0 bridgehead atoms. The van der Waals surface area contributed by atoms with Crippen molar-refractivity contribution >= 4 is 21.9 Å². The molecule has 1 aromatic carbocycles. The normalized spacial score (nSPS) is 10.4. The summed E-state index contributed by atoms with van der Waals surface area (Å²) in [6.45, 7) is 1.94. The third-order valence-electron chi connectivity index (χ3n) is 2.01. The Kier molecular flexibility index (Phi) is 2.74. The third-order valence-corrected chi connectivity index (χ3v) is 2.54. The van der Waals surface area contributed by atoms with Gasteiger partial charge in [-0.1, -0.05) is 12.1 Å². The van der Waals surface area contributed by atoms with Crippen molar-refractivity contribution < 1.29 is 9.90 Å². The van der Waals surface area contributed by atoms with Crippen molar-refractivity contribution in [2.45, 2.75) is 6.92 Å². The van der Waals surface area contributed by atoms with Crippen molar-refractivity contribution in [2.75, 3.05) is 0 Å². The molecular weight excluding hydrogens is 274 g/mol. The van der Waals surface area contributed by atoms with Crippen LogP contribution < -0.4 is 0 Å². The Balaban J connectivity index is 2.49. The largest absolute Gasteiger partial charge is 0.476 e. The summed E-state index contributed by atoms with van der Waals surface area (Å²) in [5.41, 5.74) is 1.69. The minimum absolute atomic E-state index is 0.0958. The van der Waals surface area contributed by atoms with Crippen LogP contribution in [0.25, 0.3) is 5.69 Å². The van der Waals surface area contributed by atoms with E-state index >= 15 is 0 Å². The molecule has 1 aromatic heterocycles. The number of aryl methyl sites for hydroxylation is 1. The summed E-state index contributed by atoms with van der Waals surface area (Å²) in [5, 5.41) is 16.7. The molecule has 0 atom stereocenters. The predicted octanol–water partition coefficient (Wildman–Crippen LogP) is 2.04. The van der Waals surface area contributed by atoms with Crippen LogP contribution in [0.1, 0.15) is 16.1 Å². The zero-order chi connectivity index (χ0) is 11.7. The molecule has 2 aromatic rings. The summed E-state index contributed by atoms with van der Waals surface area (Å²) in [5.74, 6) is -1.11. The average Bonchev–Trinajstić information content (AvgIpc) is 2.60. The molecule has 0 radical (unpaired) electrons. The maximum atomic E-state index is 10.8. The number of carboxylic acids is 1. The molecule has 16 heavy (non-hydrogen) atoms. The van der Waals surface area contributed by atoms with Crippen molar-refractivity contribution in [1.82, 2.24) is 15.0 Å². The fraction of sp³-hybridized carbons (Fsp3) is 0.100. The van der Waals surface area contributed by atoms with Crippen molar-refractivity contribution in [3.05, 3.63) is 40.1 Å². The van der Waals surface area contributed by atoms with Gasteiger partial charge < -0.3 is 5.11 Å². The second kappa shape index (κ2) is 4.05. The number of hydrogen-bond donors (Lipinski definition) is 1. The molecule has 1 heterocycles. The van der Waals surface area contributed by atoms with Crippen molar-refractivity contribution in [2.24, 2.45) is 0 Å². The summed E-state index contributed by atoms with van der Waals surface area (Å²) < 4.78 is 0.224. The zero-order valence-electron chi connectivity index (χ0n) is 8.38. The monoisotopic (exact) mass is 281 g/mol. The number of rotatable bonds is 2. The quantitative estimate of drug-likeness (QED) is 0.915. The lowest BCUT2D eigenvalue weighted by molar-refractivity contribution is 0.0689. The van der Waals surface area contributed by atoms with Gasteiger partial charge in [0, 0.05) is 0 Å². The first-order chi connectivity index (χ1) is 7.58. The summed E-state index contributed by atoms with van der Waals surface area (Å²) in [7, 11) is 0. The Hall–Kier alpha value is -1.69. The standard InChI is InChI=1S/C10H8BrN3O2/c1-6-3-2-4-7(5-6)14-12-8(10(15)16)9(11)13-14/h2-5H,1H3,(H,15,16). The van der Waals surface area contributed by atoms with E-state index in [1.165, 1.54) is 4.80 Å². The number of aromatic carboxylic acids is 1. The first kappa shape index (κ1) is 10.8. The van der Waals surface area contributed by atoms with Crippen molar-refractivity contribution in [3.63, 3.8) is 0 Å². The highest BCUT2D eigenvalue weighted by Gasteiger charge is 2.15. The lowest BCUT2D eigenvalue weighted by Crippen LogP contribution is -2.02. The summed E-state index contributed by atoms with van der Waals surface area (Å²) in [4.78, 5) is 12.1. The molecule has 0 unspecified atom stereocenters. The number of aromatic nitrogens is 3. The Morgan fingerprint density at radius 3 is 2.75 bits per heavy atom. The van der Waals surface area contributed by atoms with Gasteiger partial charge in [0.2, 0.25) is 5.69 Å². The summed E-state index contributed by atoms with van der Waals surface area (Å²) in [6, 6.07) is 7.49. The molecule has 6 heteroatoms. The van der Waals surface area contributed by atoms with E-state index < -0.39 is 5.97 Å². The van der Waals surface area contributed by atoms with Gasteiger partial charge in [0.25, 0.3) is 0 Å². The lowest BCUT2D eigenvalue weighted by atomic mass is 10.2. The van der Waals surface area contributed by atoms with Crippen LogP contribution in [0, 0.1) is 6.92 Å². The first-order valence-corrected chi connectivity index (χ1v) is 5.30. The Bertz CT molecular complexity index is 551. The Morgan fingerprint density at radius 2 is 2.19 bits per heavy atom. The Labute approximate surface area is 99.8 Å². The molecule has 0 fully saturated rings. The van der Waals surface area contributed by atoms with E-state index in [1.807, 2.05) is 31.2 Å². The van der Waals surface area contributed by atoms with Gasteiger partial charge in [-0.15, -0.1) is 15.0 Å². The second-order valence-electron chi connectivity index (χ2n) is 3.27. The molecule has 0 amide bonds. The molecule has 1 N–H and O–H groups in total. The molecule has 0 spiro atoms. The van der Waals surface area contributed by atoms with Crippen LogP contribution in [0.3, 0.4) is 0 Å². The fourth-order valence-electron chi connectivity index (χ4n) is 1.29. The van der Waals surface area contributed by atoms with Gasteiger partial charge in [-0.3, -0.25) is 0 Å². The topological polar surface area (TPSA) is 68.0 Å². The fourth-order valence-corrected chi connectivity index (χ4v) is 1.69. The Morgan fingerprint density at radius 1 is 1.44 bits per heavy atom. The maximum absolute atomic E-state index is 10.8. The lowest BCUT2D eigenvalue weighted by Gasteiger charge is -1.99. The van der Waals surface area contributed by atoms with E-state index in [1.54, 1.807) is 0 Å². The van der Waals surface area contributed by atoms with E-state index in [4.69, 9.17) is 5.11 Å². The molecule has 0 aliphatic carbocycles. The number of halogens is 1. The van der Waals surface area contributed by atoms with E-state index in [0.29, 0.717) is 0 Å². The molecule has 0 saturated heterocycles. The van der Waals surface area contributed by atoms with E-state index in [9.17, 15) is 4.79 Å². The van der Waals surface area contributed by atoms with Crippen molar-refractivity contribution in [1.29, 1.82) is 0 Å². The number of hydrogen-bond acceptors (Lipinski definition) is 3. The van der Waals surface area contributed by atoms with Crippen LogP contribution in [0.5, 0.6) is 0 Å². The number of carboxylic acid groups (broad SMARTS) is 1. The summed E-state index contributed by atoms with van der Waals surface area (Å²) in [6.07, 6.45) is 0. The minimum atomic E-state index is -1.11. The van der Waals surface area contributed by atoms with E-state index in [-0.39, 0.29) is 10.3 Å². The van der Waals surface area contributed by atoms with Gasteiger partial charge in [-0.2, -0.15) is 0 Å². The van der Waals surface area contributed by atoms with E-state index in [0.717, 1.165) is 11.3 Å². The SMILES string of the molecule is Cc1cccc(-n2nc(Br)c(C(=O)O)n2)c1. The second-order valence-corrected chi connectivity index (χ2v) is 4.02. The van der Waals surface area contributed by atoms with Crippen LogP contribution in [-0.4, -0.2) is 26.1 Å². The molecule has 5 nitrogen and oxygen atoms in total. The van der Waals surface area contributed by atoms with Crippen LogP contribution in [0.4, 0.5) is 0 Å². The molecule has 0 aliphatic rings. The smallest absolute Gasteiger partial charge is 0.359 e. The van der Waals surface area contributed by atoms with Gasteiger partial charge >= 0.3 is 5.97 Å². The number of carbonyl (C=O) groups is 1. The van der Waals surface area contributed by atoms with Crippen molar-refractivity contribution in [3.8, 4) is 5.69 Å². The molecule has 2 rings (SSSR count). The molecule has 82 valence electrons. The highest BCUT2D eigenvalue weighted by atomic mass is 79.9. The number of nitrogens with zero attached hydrogens (tertiary/aromatic N) is 3. The molecular formula is C10H8BrN3O2. The van der Waals surface area contributed by atoms with Crippen LogP contribution >= 0.6 is 15.9 Å². The van der Waals surface area contributed by atoms with Gasteiger partial charge in [0.15, 0.2) is 4.60 Å². The average molecular weight is 282 g/mol. The molecule has 0 aliphatic heterocycles. The predicted molar refractivity (Wildman–Crippen MR) is 60.8 cm³/mol. The molecule has 0 saturated carbocycles. The summed E-state index contributed by atoms with van der Waals surface area (Å²) >= 11 is 3.06. The zero-order valence-corrected chi connectivity index (χ0v) is 9.97. The highest BCUT2D eigenvalue weighted by molar-refractivity contribution is 9.10. The number of benzene rings is 1. The van der Waals surface area contributed by atoms with E-state index in [2.05, 4.69) is 26.1 Å². The van der Waals surface area contributed by atoms with Gasteiger partial charge in [-0.05, 0) is 40.5 Å².